The van der Waals surface area contributed by atoms with Crippen molar-refractivity contribution in [3.8, 4) is 0 Å². The maximum Gasteiger partial charge on any atom is 0.305 e. The largest absolute Gasteiger partial charge is 0.466 e. The first kappa shape index (κ1) is 83.6. The molecular weight excluding hydrogens is 1040 g/mol. The van der Waals surface area contributed by atoms with Crippen molar-refractivity contribution in [2.24, 2.45) is 0 Å². The van der Waals surface area contributed by atoms with Gasteiger partial charge in [0.05, 0.1) is 25.4 Å². The molecule has 506 valence electrons. The molecule has 0 aliphatic heterocycles. The van der Waals surface area contributed by atoms with E-state index in [4.69, 9.17) is 4.74 Å². The van der Waals surface area contributed by atoms with Gasteiger partial charge in [-0.2, -0.15) is 0 Å². The van der Waals surface area contributed by atoms with Gasteiger partial charge in [-0.3, -0.25) is 9.59 Å². The second-order valence-corrected chi connectivity index (χ2v) is 27.4. The van der Waals surface area contributed by atoms with Crippen molar-refractivity contribution in [1.82, 2.24) is 5.32 Å². The summed E-state index contributed by atoms with van der Waals surface area (Å²) in [7, 11) is 0. The Kier molecular flexibility index (Phi) is 73.8. The van der Waals surface area contributed by atoms with Gasteiger partial charge in [0.1, 0.15) is 0 Å². The standard InChI is InChI=1S/C79H155NO5/c1-3-5-7-9-11-13-15-17-19-21-37-40-43-47-51-55-59-63-67-71-77(82)76(75-81)80-78(83)72-68-64-60-56-52-48-44-41-38-35-33-31-29-27-25-23-22-24-26-28-30-32-34-36-39-42-46-50-54-58-62-66-70-74-85-79(84)73-69-65-61-57-53-49-45-20-18-16-14-12-10-8-6-4-2/h67,71,76-77,81-82H,3-66,68-70,72-75H2,1-2H3,(H,80,83)/b71-67+. The maximum atomic E-state index is 12.5. The van der Waals surface area contributed by atoms with Crippen LogP contribution in [0.1, 0.15) is 457 Å². The molecule has 0 spiro atoms. The monoisotopic (exact) mass is 1200 g/mol. The fourth-order valence-corrected chi connectivity index (χ4v) is 12.8. The number of hydrogen-bond donors (Lipinski definition) is 3. The second-order valence-electron chi connectivity index (χ2n) is 27.4. The molecule has 2 unspecified atom stereocenters. The van der Waals surface area contributed by atoms with Gasteiger partial charge < -0.3 is 20.3 Å². The van der Waals surface area contributed by atoms with Gasteiger partial charge in [-0.05, 0) is 32.1 Å². The first-order valence-corrected chi connectivity index (χ1v) is 39.5. The van der Waals surface area contributed by atoms with Crippen LogP contribution in [-0.2, 0) is 14.3 Å². The molecule has 0 bridgehead atoms. The summed E-state index contributed by atoms with van der Waals surface area (Å²) >= 11 is 0. The highest BCUT2D eigenvalue weighted by atomic mass is 16.5. The van der Waals surface area contributed by atoms with Gasteiger partial charge >= 0.3 is 5.97 Å². The van der Waals surface area contributed by atoms with Gasteiger partial charge in [0.15, 0.2) is 0 Å². The number of hydrogen-bond acceptors (Lipinski definition) is 5. The lowest BCUT2D eigenvalue weighted by Gasteiger charge is -2.20. The lowest BCUT2D eigenvalue weighted by atomic mass is 10.0. The summed E-state index contributed by atoms with van der Waals surface area (Å²) < 4.78 is 5.51. The van der Waals surface area contributed by atoms with Crippen LogP contribution in [-0.4, -0.2) is 47.4 Å². The molecule has 0 aliphatic carbocycles. The number of unbranched alkanes of at least 4 members (excludes halogenated alkanes) is 64. The fourth-order valence-electron chi connectivity index (χ4n) is 12.8. The topological polar surface area (TPSA) is 95.9 Å². The molecule has 1 amide bonds. The normalized spacial score (nSPS) is 12.5. The van der Waals surface area contributed by atoms with Crippen LogP contribution in [0.15, 0.2) is 12.2 Å². The number of amides is 1. The molecule has 0 aromatic rings. The number of ether oxygens (including phenoxy) is 1. The Bertz CT molecular complexity index is 1290. The maximum absolute atomic E-state index is 12.5. The minimum Gasteiger partial charge on any atom is -0.466 e. The molecule has 0 saturated heterocycles. The van der Waals surface area contributed by atoms with Crippen LogP contribution in [0.3, 0.4) is 0 Å². The van der Waals surface area contributed by atoms with E-state index in [1.807, 2.05) is 6.08 Å². The van der Waals surface area contributed by atoms with E-state index in [-0.39, 0.29) is 18.5 Å². The van der Waals surface area contributed by atoms with Gasteiger partial charge in [-0.15, -0.1) is 0 Å². The number of esters is 1. The molecule has 85 heavy (non-hydrogen) atoms. The second kappa shape index (κ2) is 75.1. The van der Waals surface area contributed by atoms with Gasteiger partial charge in [0, 0.05) is 12.8 Å². The van der Waals surface area contributed by atoms with Gasteiger partial charge in [-0.1, -0.05) is 424 Å². The molecule has 0 saturated carbocycles. The van der Waals surface area contributed by atoms with E-state index in [0.29, 0.717) is 19.4 Å². The molecule has 0 rings (SSSR count). The molecule has 0 aromatic heterocycles. The smallest absolute Gasteiger partial charge is 0.305 e. The molecule has 0 heterocycles. The van der Waals surface area contributed by atoms with Crippen LogP contribution in [0.5, 0.6) is 0 Å². The van der Waals surface area contributed by atoms with E-state index in [1.165, 1.54) is 392 Å². The van der Waals surface area contributed by atoms with E-state index in [2.05, 4.69) is 19.2 Å². The molecule has 6 heteroatoms. The Morgan fingerprint density at radius 1 is 0.318 bits per heavy atom. The number of rotatable bonds is 75. The van der Waals surface area contributed by atoms with Crippen molar-refractivity contribution in [3.63, 3.8) is 0 Å². The van der Waals surface area contributed by atoms with Crippen LogP contribution in [0.2, 0.25) is 0 Å². The summed E-state index contributed by atoms with van der Waals surface area (Å²) in [5, 5.41) is 23.3. The van der Waals surface area contributed by atoms with Crippen LogP contribution < -0.4 is 5.32 Å². The number of carbonyl (C=O) groups excluding carboxylic acids is 2. The van der Waals surface area contributed by atoms with Crippen LogP contribution in [0.25, 0.3) is 0 Å². The van der Waals surface area contributed by atoms with Gasteiger partial charge in [0.25, 0.3) is 0 Å². The summed E-state index contributed by atoms with van der Waals surface area (Å²) in [6, 6.07) is -0.624. The summed E-state index contributed by atoms with van der Waals surface area (Å²) in [6.07, 6.45) is 94.8. The number of allylic oxidation sites excluding steroid dienone is 1. The fraction of sp³-hybridized carbons (Fsp3) is 0.949. The Morgan fingerprint density at radius 2 is 0.541 bits per heavy atom. The lowest BCUT2D eigenvalue weighted by molar-refractivity contribution is -0.143. The van der Waals surface area contributed by atoms with E-state index in [0.717, 1.165) is 38.5 Å². The summed E-state index contributed by atoms with van der Waals surface area (Å²) in [6.45, 7) is 4.97. The van der Waals surface area contributed by atoms with Crippen LogP contribution >= 0.6 is 0 Å². The zero-order chi connectivity index (χ0) is 61.3. The first-order chi connectivity index (χ1) is 42.0. The highest BCUT2D eigenvalue weighted by molar-refractivity contribution is 5.76. The number of nitrogens with one attached hydrogen (secondary N) is 1. The molecule has 0 aliphatic rings. The molecule has 0 aromatic carbocycles. The quantitative estimate of drug-likeness (QED) is 0.0320. The third kappa shape index (κ3) is 71.6. The molecule has 3 N–H and O–H groups in total. The van der Waals surface area contributed by atoms with Crippen molar-refractivity contribution < 1.29 is 24.5 Å². The number of aliphatic hydroxyl groups excluding tert-OH is 2. The molecule has 0 radical (unpaired) electrons. The summed E-state index contributed by atoms with van der Waals surface area (Å²) in [5.74, 6) is -0.0323. The van der Waals surface area contributed by atoms with E-state index in [1.54, 1.807) is 6.08 Å². The predicted octanol–water partition coefficient (Wildman–Crippen LogP) is 25.9. The summed E-state index contributed by atoms with van der Waals surface area (Å²) in [5.41, 5.74) is 0. The SMILES string of the molecule is CCCCCCCCCCCCCCCCCCC/C=C/C(O)C(CO)NC(=O)CCCCCCCCCCCCCCCCCCCCCCCCCCCCCCCCCCCOC(=O)CCCCCCCCCCCCCCCCCC. The summed E-state index contributed by atoms with van der Waals surface area (Å²) in [4.78, 5) is 24.6. The van der Waals surface area contributed by atoms with Crippen molar-refractivity contribution in [2.75, 3.05) is 13.2 Å². The number of carbonyl (C=O) groups is 2. The predicted molar refractivity (Wildman–Crippen MR) is 375 cm³/mol. The molecular formula is C79H155NO5. The Hall–Kier alpha value is -1.40. The average molecular weight is 1200 g/mol. The Morgan fingerprint density at radius 3 is 0.800 bits per heavy atom. The molecule has 6 nitrogen and oxygen atoms in total. The van der Waals surface area contributed by atoms with Crippen molar-refractivity contribution in [3.05, 3.63) is 12.2 Å². The van der Waals surface area contributed by atoms with E-state index >= 15 is 0 Å². The van der Waals surface area contributed by atoms with E-state index < -0.39 is 12.1 Å². The zero-order valence-corrected chi connectivity index (χ0v) is 58.1. The van der Waals surface area contributed by atoms with Crippen molar-refractivity contribution >= 4 is 11.9 Å². The van der Waals surface area contributed by atoms with Gasteiger partial charge in [0.2, 0.25) is 5.91 Å². The third-order valence-corrected chi connectivity index (χ3v) is 18.8. The minimum absolute atomic E-state index is 0.0261. The molecule has 2 atom stereocenters. The van der Waals surface area contributed by atoms with Crippen LogP contribution in [0.4, 0.5) is 0 Å². The van der Waals surface area contributed by atoms with Crippen molar-refractivity contribution in [1.29, 1.82) is 0 Å². The Labute approximate surface area is 533 Å². The highest BCUT2D eigenvalue weighted by Gasteiger charge is 2.18. The average Bonchev–Trinajstić information content (AvgIpc) is 3.50. The first-order valence-electron chi connectivity index (χ1n) is 39.5. The zero-order valence-electron chi connectivity index (χ0n) is 58.1. The van der Waals surface area contributed by atoms with E-state index in [9.17, 15) is 19.8 Å². The number of aliphatic hydroxyl groups is 2. The molecule has 0 fully saturated rings. The minimum atomic E-state index is -0.841. The highest BCUT2D eigenvalue weighted by Crippen LogP contribution is 2.20. The van der Waals surface area contributed by atoms with Crippen LogP contribution in [0, 0.1) is 0 Å². The van der Waals surface area contributed by atoms with Crippen molar-refractivity contribution in [2.45, 2.75) is 469 Å². The third-order valence-electron chi connectivity index (χ3n) is 18.8. The Balaban J connectivity index is 3.32. The van der Waals surface area contributed by atoms with Gasteiger partial charge in [-0.25, -0.2) is 0 Å². The lowest BCUT2D eigenvalue weighted by Crippen LogP contribution is -2.45.